The van der Waals surface area contributed by atoms with Gasteiger partial charge in [-0.3, -0.25) is 0 Å². The summed E-state index contributed by atoms with van der Waals surface area (Å²) in [6, 6.07) is 0. The van der Waals surface area contributed by atoms with Gasteiger partial charge >= 0.3 is 0 Å². The van der Waals surface area contributed by atoms with Crippen LogP contribution in [0.1, 0.15) is 110 Å². The molecule has 0 spiro atoms. The van der Waals surface area contributed by atoms with Gasteiger partial charge in [-0.1, -0.05) is 77.7 Å². The van der Waals surface area contributed by atoms with Crippen LogP contribution in [-0.2, 0) is 14.2 Å². The summed E-state index contributed by atoms with van der Waals surface area (Å²) in [4.78, 5) is 0. The number of hydrogen-bond donors (Lipinski definition) is 0. The van der Waals surface area contributed by atoms with Crippen molar-refractivity contribution in [3.63, 3.8) is 0 Å². The highest BCUT2D eigenvalue weighted by Gasteiger charge is 2.40. The highest BCUT2D eigenvalue weighted by atomic mass is 16.6. The molecule has 0 aromatic heterocycles. The van der Waals surface area contributed by atoms with Crippen LogP contribution in [0.5, 0.6) is 0 Å². The largest absolute Gasteiger partial charge is 0.502 e. The van der Waals surface area contributed by atoms with Crippen molar-refractivity contribution in [3.8, 4) is 0 Å². The molecule has 0 aromatic carbocycles. The van der Waals surface area contributed by atoms with E-state index in [0.29, 0.717) is 6.10 Å². The van der Waals surface area contributed by atoms with Gasteiger partial charge in [0.15, 0.2) is 0 Å². The summed E-state index contributed by atoms with van der Waals surface area (Å²) in [6.07, 6.45) is 23.1. The van der Waals surface area contributed by atoms with Crippen molar-refractivity contribution in [2.24, 2.45) is 5.92 Å². The molecule has 1 saturated carbocycles. The van der Waals surface area contributed by atoms with Crippen LogP contribution in [0.15, 0.2) is 12.8 Å². The Morgan fingerprint density at radius 2 is 1.57 bits per heavy atom. The van der Waals surface area contributed by atoms with Gasteiger partial charge in [0, 0.05) is 0 Å². The Morgan fingerprint density at radius 1 is 0.929 bits per heavy atom. The molecule has 2 aliphatic rings. The second kappa shape index (κ2) is 14.4. The topological polar surface area (TPSA) is 31.0 Å². The van der Waals surface area contributed by atoms with E-state index in [4.69, 9.17) is 14.2 Å². The van der Waals surface area contributed by atoms with Crippen molar-refractivity contribution < 1.29 is 14.2 Å². The first-order valence-electron chi connectivity index (χ1n) is 12.3. The summed E-state index contributed by atoms with van der Waals surface area (Å²) in [5.74, 6) is 0.736. The number of hydrogen-bond acceptors (Lipinski definition) is 3. The molecule has 1 saturated heterocycles. The van der Waals surface area contributed by atoms with E-state index in [1.54, 1.807) is 6.26 Å². The summed E-state index contributed by atoms with van der Waals surface area (Å²) >= 11 is 0. The highest BCUT2D eigenvalue weighted by molar-refractivity contribution is 4.91. The third-order valence-electron chi connectivity index (χ3n) is 6.74. The lowest BCUT2D eigenvalue weighted by atomic mass is 9.72. The molecule has 164 valence electrons. The van der Waals surface area contributed by atoms with Crippen LogP contribution in [0, 0.1) is 5.92 Å². The molecule has 2 unspecified atom stereocenters. The quantitative estimate of drug-likeness (QED) is 0.140. The molecular weight excluding hydrogens is 348 g/mol. The zero-order valence-electron chi connectivity index (χ0n) is 18.6. The maximum Gasteiger partial charge on any atom is 0.104 e. The average molecular weight is 395 g/mol. The molecule has 2 fully saturated rings. The second-order valence-electron chi connectivity index (χ2n) is 9.03. The molecule has 0 aromatic rings. The predicted octanol–water partition coefficient (Wildman–Crippen LogP) is 7.19. The lowest BCUT2D eigenvalue weighted by Crippen LogP contribution is -2.43. The van der Waals surface area contributed by atoms with E-state index in [1.165, 1.54) is 96.3 Å². The van der Waals surface area contributed by atoms with Gasteiger partial charge in [0.05, 0.1) is 31.7 Å². The molecule has 3 nitrogen and oxygen atoms in total. The lowest BCUT2D eigenvalue weighted by molar-refractivity contribution is -0.114. The number of unbranched alkanes of at least 4 members (excludes halogenated alkanes) is 7. The van der Waals surface area contributed by atoms with Crippen LogP contribution in [-0.4, -0.2) is 31.5 Å². The predicted molar refractivity (Wildman–Crippen MR) is 118 cm³/mol. The Bertz CT molecular complexity index is 387. The molecule has 1 heterocycles. The zero-order chi connectivity index (χ0) is 19.9. The zero-order valence-corrected chi connectivity index (χ0v) is 18.6. The van der Waals surface area contributed by atoms with Crippen LogP contribution < -0.4 is 0 Å². The minimum absolute atomic E-state index is 0.0734. The molecule has 2 atom stereocenters. The van der Waals surface area contributed by atoms with Crippen molar-refractivity contribution in [2.45, 2.75) is 121 Å². The standard InChI is InChI=1S/C25H46O3/c1-3-5-6-7-8-9-13-18-25(28-22-24-21-27-24,19-14-15-20-26-4-2)23-16-11-10-12-17-23/h4,23-24H,2-3,5-22H2,1H3. The smallest absolute Gasteiger partial charge is 0.104 e. The molecule has 28 heavy (non-hydrogen) atoms. The second-order valence-corrected chi connectivity index (χ2v) is 9.03. The fourth-order valence-electron chi connectivity index (χ4n) is 4.92. The maximum atomic E-state index is 6.76. The molecule has 2 rings (SSSR count). The molecule has 0 radical (unpaired) electrons. The Hall–Kier alpha value is -0.540. The van der Waals surface area contributed by atoms with Crippen molar-refractivity contribution in [2.75, 3.05) is 19.8 Å². The number of epoxide rings is 1. The molecule has 0 N–H and O–H groups in total. The molecule has 3 heteroatoms. The van der Waals surface area contributed by atoms with Crippen LogP contribution in [0.4, 0.5) is 0 Å². The normalized spacial score (nSPS) is 22.0. The third-order valence-corrected chi connectivity index (χ3v) is 6.74. The van der Waals surface area contributed by atoms with E-state index in [9.17, 15) is 0 Å². The van der Waals surface area contributed by atoms with Crippen molar-refractivity contribution >= 4 is 0 Å². The molecule has 0 amide bonds. The van der Waals surface area contributed by atoms with Crippen molar-refractivity contribution in [1.82, 2.24) is 0 Å². The van der Waals surface area contributed by atoms with E-state index >= 15 is 0 Å². The fraction of sp³-hybridized carbons (Fsp3) is 0.920. The fourth-order valence-corrected chi connectivity index (χ4v) is 4.92. The van der Waals surface area contributed by atoms with E-state index in [-0.39, 0.29) is 5.60 Å². The molecule has 0 bridgehead atoms. The van der Waals surface area contributed by atoms with Crippen LogP contribution in [0.2, 0.25) is 0 Å². The van der Waals surface area contributed by atoms with Crippen molar-refractivity contribution in [1.29, 1.82) is 0 Å². The molecule has 1 aliphatic carbocycles. The van der Waals surface area contributed by atoms with Gasteiger partial charge in [0.1, 0.15) is 6.10 Å². The number of ether oxygens (including phenoxy) is 3. The van der Waals surface area contributed by atoms with Crippen LogP contribution >= 0.6 is 0 Å². The summed E-state index contributed by atoms with van der Waals surface area (Å²) < 4.78 is 17.6. The van der Waals surface area contributed by atoms with E-state index in [1.807, 2.05) is 0 Å². The van der Waals surface area contributed by atoms with Gasteiger partial charge in [0.2, 0.25) is 0 Å². The minimum atomic E-state index is 0.0734. The first-order chi connectivity index (χ1) is 13.8. The molecular formula is C25H46O3. The maximum absolute atomic E-state index is 6.76. The first kappa shape index (κ1) is 23.7. The van der Waals surface area contributed by atoms with Gasteiger partial charge in [-0.2, -0.15) is 0 Å². The highest BCUT2D eigenvalue weighted by Crippen LogP contribution is 2.42. The van der Waals surface area contributed by atoms with Crippen molar-refractivity contribution in [3.05, 3.63) is 12.8 Å². The van der Waals surface area contributed by atoms with E-state index in [2.05, 4.69) is 13.5 Å². The van der Waals surface area contributed by atoms with E-state index in [0.717, 1.165) is 32.2 Å². The van der Waals surface area contributed by atoms with Gasteiger partial charge in [-0.05, 0) is 44.4 Å². The van der Waals surface area contributed by atoms with Crippen LogP contribution in [0.25, 0.3) is 0 Å². The van der Waals surface area contributed by atoms with Crippen LogP contribution in [0.3, 0.4) is 0 Å². The Morgan fingerprint density at radius 3 is 2.21 bits per heavy atom. The van der Waals surface area contributed by atoms with Gasteiger partial charge in [-0.25, -0.2) is 0 Å². The summed E-state index contributed by atoms with van der Waals surface area (Å²) in [6.45, 7) is 8.42. The van der Waals surface area contributed by atoms with Gasteiger partial charge in [-0.15, -0.1) is 0 Å². The van der Waals surface area contributed by atoms with Gasteiger partial charge < -0.3 is 14.2 Å². The molecule has 1 aliphatic heterocycles. The summed E-state index contributed by atoms with van der Waals surface area (Å²) in [5, 5.41) is 0. The Balaban J connectivity index is 1.87. The number of rotatable bonds is 18. The Labute approximate surface area is 174 Å². The monoisotopic (exact) mass is 394 g/mol. The van der Waals surface area contributed by atoms with E-state index < -0.39 is 0 Å². The Kier molecular flexibility index (Phi) is 12.2. The lowest BCUT2D eigenvalue weighted by Gasteiger charge is -2.43. The third kappa shape index (κ3) is 9.31. The van der Waals surface area contributed by atoms with Gasteiger partial charge in [0.25, 0.3) is 0 Å². The summed E-state index contributed by atoms with van der Waals surface area (Å²) in [7, 11) is 0. The minimum Gasteiger partial charge on any atom is -0.502 e. The SMILES string of the molecule is C=COCCCCC(CCCCCCCCC)(OCC1CO1)C1CCCCC1. The average Bonchev–Trinajstić information content (AvgIpc) is 3.56. The first-order valence-corrected chi connectivity index (χ1v) is 12.3. The summed E-state index contributed by atoms with van der Waals surface area (Å²) in [5.41, 5.74) is 0.0734.